The van der Waals surface area contributed by atoms with Gasteiger partial charge in [-0.1, -0.05) is 0 Å². The topological polar surface area (TPSA) is 114 Å². The van der Waals surface area contributed by atoms with Gasteiger partial charge in [-0.25, -0.2) is 0 Å². The van der Waals surface area contributed by atoms with Crippen molar-refractivity contribution in [2.24, 2.45) is 0 Å². The first-order chi connectivity index (χ1) is 11.9. The van der Waals surface area contributed by atoms with Gasteiger partial charge in [0.05, 0.1) is 11.2 Å². The van der Waals surface area contributed by atoms with Crippen LogP contribution in [0.4, 0.5) is 5.69 Å². The summed E-state index contributed by atoms with van der Waals surface area (Å²) in [6, 6.07) is 8.51. The maximum Gasteiger partial charge on any atom is 0.291 e. The number of hydrogen-bond donors (Lipinski definition) is 2. The number of nitrogens with one attached hydrogen (secondary N) is 2. The summed E-state index contributed by atoms with van der Waals surface area (Å²) >= 11 is 0. The fraction of sp³-hybridized carbons (Fsp3) is 0.176. The predicted molar refractivity (Wildman–Crippen MR) is 90.5 cm³/mol. The van der Waals surface area contributed by atoms with Gasteiger partial charge in [0.15, 0.2) is 5.76 Å². The average molecular weight is 343 g/mol. The zero-order valence-corrected chi connectivity index (χ0v) is 13.7. The molecule has 0 fully saturated rings. The maximum atomic E-state index is 12.3. The summed E-state index contributed by atoms with van der Waals surface area (Å²) in [4.78, 5) is 34.6. The van der Waals surface area contributed by atoms with Crippen molar-refractivity contribution in [1.29, 1.82) is 0 Å². The number of non-ortho nitro benzene ring substituents is 1. The van der Waals surface area contributed by atoms with Crippen LogP contribution in [0.5, 0.6) is 0 Å². The number of nitro benzene ring substituents is 1. The van der Waals surface area contributed by atoms with E-state index in [2.05, 4.69) is 10.6 Å². The van der Waals surface area contributed by atoms with Gasteiger partial charge in [0, 0.05) is 18.2 Å². The monoisotopic (exact) mass is 343 g/mol. The first-order valence-corrected chi connectivity index (χ1v) is 7.48. The lowest BCUT2D eigenvalue weighted by Crippen LogP contribution is -2.38. The summed E-state index contributed by atoms with van der Waals surface area (Å²) in [6.45, 7) is 3.57. The van der Waals surface area contributed by atoms with Crippen LogP contribution in [0.3, 0.4) is 0 Å². The summed E-state index contributed by atoms with van der Waals surface area (Å²) in [6.07, 6.45) is 2.78. The van der Waals surface area contributed by atoms with E-state index < -0.39 is 16.7 Å². The molecule has 0 aliphatic rings. The minimum Gasteiger partial charge on any atom is -0.459 e. The molecule has 0 saturated carbocycles. The summed E-state index contributed by atoms with van der Waals surface area (Å²) in [5.41, 5.74) is 0.466. The van der Waals surface area contributed by atoms with Gasteiger partial charge in [-0.3, -0.25) is 19.7 Å². The zero-order valence-electron chi connectivity index (χ0n) is 13.7. The number of rotatable bonds is 6. The molecule has 2 aromatic rings. The van der Waals surface area contributed by atoms with E-state index in [1.54, 1.807) is 19.9 Å². The molecule has 0 atom stereocenters. The van der Waals surface area contributed by atoms with Gasteiger partial charge in [-0.05, 0) is 49.8 Å². The van der Waals surface area contributed by atoms with Crippen molar-refractivity contribution >= 4 is 23.6 Å². The van der Waals surface area contributed by atoms with E-state index in [-0.39, 0.29) is 23.2 Å². The molecule has 1 aromatic heterocycles. The molecule has 1 heterocycles. The number of amides is 2. The van der Waals surface area contributed by atoms with Gasteiger partial charge in [-0.15, -0.1) is 0 Å². The Morgan fingerprint density at radius 1 is 1.20 bits per heavy atom. The Morgan fingerprint density at radius 3 is 2.40 bits per heavy atom. The third-order valence-electron chi connectivity index (χ3n) is 3.07. The number of hydrogen-bond acceptors (Lipinski definition) is 5. The summed E-state index contributed by atoms with van der Waals surface area (Å²) in [5.74, 6) is -0.989. The SMILES string of the molecule is CC(C)NC(=O)C(=Cc1ccc([N+](=O)[O-])cc1)NC(=O)c1ccco1. The van der Waals surface area contributed by atoms with Crippen LogP contribution in [-0.4, -0.2) is 22.8 Å². The molecule has 0 aliphatic heterocycles. The van der Waals surface area contributed by atoms with Crippen LogP contribution in [0.15, 0.2) is 52.8 Å². The molecule has 0 radical (unpaired) electrons. The maximum absolute atomic E-state index is 12.3. The van der Waals surface area contributed by atoms with E-state index in [9.17, 15) is 19.7 Å². The van der Waals surface area contributed by atoms with Crippen molar-refractivity contribution in [2.45, 2.75) is 19.9 Å². The Kier molecular flexibility index (Phi) is 5.67. The third-order valence-corrected chi connectivity index (χ3v) is 3.07. The van der Waals surface area contributed by atoms with Gasteiger partial charge in [0.1, 0.15) is 5.70 Å². The summed E-state index contributed by atoms with van der Waals surface area (Å²) in [5, 5.41) is 15.9. The van der Waals surface area contributed by atoms with Crippen LogP contribution in [0.25, 0.3) is 6.08 Å². The molecular weight excluding hydrogens is 326 g/mol. The first kappa shape index (κ1) is 17.9. The van der Waals surface area contributed by atoms with Crippen LogP contribution in [0, 0.1) is 10.1 Å². The second-order valence-corrected chi connectivity index (χ2v) is 5.47. The zero-order chi connectivity index (χ0) is 18.4. The van der Waals surface area contributed by atoms with E-state index in [1.807, 2.05) is 0 Å². The number of benzene rings is 1. The van der Waals surface area contributed by atoms with E-state index in [0.29, 0.717) is 5.56 Å². The van der Waals surface area contributed by atoms with E-state index in [4.69, 9.17) is 4.42 Å². The normalized spacial score (nSPS) is 11.2. The quantitative estimate of drug-likeness (QED) is 0.475. The minimum atomic E-state index is -0.572. The number of furan rings is 1. The fourth-order valence-electron chi connectivity index (χ4n) is 1.95. The number of nitrogens with zero attached hydrogens (tertiary/aromatic N) is 1. The van der Waals surface area contributed by atoms with Crippen LogP contribution in [0.1, 0.15) is 30.0 Å². The van der Waals surface area contributed by atoms with Crippen molar-refractivity contribution < 1.29 is 18.9 Å². The van der Waals surface area contributed by atoms with E-state index in [0.717, 1.165) is 0 Å². The summed E-state index contributed by atoms with van der Waals surface area (Å²) in [7, 11) is 0. The van der Waals surface area contributed by atoms with Gasteiger partial charge >= 0.3 is 0 Å². The van der Waals surface area contributed by atoms with Gasteiger partial charge in [-0.2, -0.15) is 0 Å². The van der Waals surface area contributed by atoms with Crippen LogP contribution >= 0.6 is 0 Å². The molecule has 2 amide bonds. The molecule has 0 spiro atoms. The summed E-state index contributed by atoms with van der Waals surface area (Å²) < 4.78 is 5.00. The number of nitro groups is 1. The lowest BCUT2D eigenvalue weighted by Gasteiger charge is -2.12. The van der Waals surface area contributed by atoms with E-state index in [1.165, 1.54) is 42.7 Å². The van der Waals surface area contributed by atoms with E-state index >= 15 is 0 Å². The molecule has 8 nitrogen and oxygen atoms in total. The second kappa shape index (κ2) is 7.91. The van der Waals surface area contributed by atoms with Gasteiger partial charge < -0.3 is 15.1 Å². The minimum absolute atomic E-state index is 0.00366. The fourth-order valence-corrected chi connectivity index (χ4v) is 1.95. The average Bonchev–Trinajstić information content (AvgIpc) is 3.08. The van der Waals surface area contributed by atoms with Gasteiger partial charge in [0.25, 0.3) is 17.5 Å². The molecular formula is C17H17N3O5. The highest BCUT2D eigenvalue weighted by molar-refractivity contribution is 6.04. The molecule has 2 rings (SSSR count). The van der Waals surface area contributed by atoms with Crippen LogP contribution in [-0.2, 0) is 4.79 Å². The van der Waals surface area contributed by atoms with Gasteiger partial charge in [0.2, 0.25) is 0 Å². The molecule has 0 aliphatic carbocycles. The largest absolute Gasteiger partial charge is 0.459 e. The Bertz CT molecular complexity index is 792. The smallest absolute Gasteiger partial charge is 0.291 e. The lowest BCUT2D eigenvalue weighted by molar-refractivity contribution is -0.384. The Balaban J connectivity index is 2.27. The Hall–Kier alpha value is -3.42. The molecule has 0 unspecified atom stereocenters. The lowest BCUT2D eigenvalue weighted by atomic mass is 10.1. The molecule has 25 heavy (non-hydrogen) atoms. The van der Waals surface area contributed by atoms with Crippen molar-refractivity contribution in [1.82, 2.24) is 10.6 Å². The molecule has 1 aromatic carbocycles. The highest BCUT2D eigenvalue weighted by Gasteiger charge is 2.17. The third kappa shape index (κ3) is 5.03. The van der Waals surface area contributed by atoms with Crippen molar-refractivity contribution in [2.75, 3.05) is 0 Å². The Labute approximate surface area is 143 Å². The number of carbonyl (C=O) groups excluding carboxylic acids is 2. The molecule has 0 saturated heterocycles. The molecule has 2 N–H and O–H groups in total. The molecule has 130 valence electrons. The predicted octanol–water partition coefficient (Wildman–Crippen LogP) is 2.48. The second-order valence-electron chi connectivity index (χ2n) is 5.47. The molecule has 8 heteroatoms. The highest BCUT2D eigenvalue weighted by Crippen LogP contribution is 2.14. The molecule has 0 bridgehead atoms. The van der Waals surface area contributed by atoms with Crippen molar-refractivity contribution in [3.05, 3.63) is 69.8 Å². The highest BCUT2D eigenvalue weighted by atomic mass is 16.6. The van der Waals surface area contributed by atoms with Crippen molar-refractivity contribution in [3.8, 4) is 0 Å². The van der Waals surface area contributed by atoms with Crippen molar-refractivity contribution in [3.63, 3.8) is 0 Å². The number of carbonyl (C=O) groups is 2. The first-order valence-electron chi connectivity index (χ1n) is 7.48. The van der Waals surface area contributed by atoms with Crippen LogP contribution in [0.2, 0.25) is 0 Å². The standard InChI is InChI=1S/C17H17N3O5/c1-11(2)18-16(21)14(19-17(22)15-4-3-9-25-15)10-12-5-7-13(8-6-12)20(23)24/h3-11H,1-2H3,(H,18,21)(H,19,22). The van der Waals surface area contributed by atoms with Crippen LogP contribution < -0.4 is 10.6 Å². The Morgan fingerprint density at radius 2 is 1.88 bits per heavy atom.